The molecule has 1 aliphatic rings. The zero-order valence-electron chi connectivity index (χ0n) is 11.4. The molecule has 0 aliphatic heterocycles. The van der Waals surface area contributed by atoms with Gasteiger partial charge in [-0.1, -0.05) is 26.0 Å². The van der Waals surface area contributed by atoms with Crippen LogP contribution < -0.4 is 10.1 Å². The first kappa shape index (κ1) is 13.3. The average Bonchev–Trinajstić information content (AvgIpc) is 2.72. The number of hydrogen-bond acceptors (Lipinski definition) is 2. The van der Waals surface area contributed by atoms with Crippen LogP contribution in [0.2, 0.25) is 0 Å². The van der Waals surface area contributed by atoms with Crippen molar-refractivity contribution < 1.29 is 9.13 Å². The van der Waals surface area contributed by atoms with Gasteiger partial charge >= 0.3 is 0 Å². The van der Waals surface area contributed by atoms with Crippen LogP contribution in [0.5, 0.6) is 5.75 Å². The molecule has 1 fully saturated rings. The van der Waals surface area contributed by atoms with Gasteiger partial charge in [0.05, 0.1) is 7.11 Å². The van der Waals surface area contributed by atoms with E-state index < -0.39 is 0 Å². The van der Waals surface area contributed by atoms with E-state index in [0.29, 0.717) is 23.6 Å². The van der Waals surface area contributed by atoms with Crippen molar-refractivity contribution in [2.75, 3.05) is 13.7 Å². The summed E-state index contributed by atoms with van der Waals surface area (Å²) >= 11 is 0. The highest BCUT2D eigenvalue weighted by atomic mass is 19.1. The summed E-state index contributed by atoms with van der Waals surface area (Å²) < 4.78 is 19.3. The van der Waals surface area contributed by atoms with Crippen LogP contribution in [-0.4, -0.2) is 19.7 Å². The van der Waals surface area contributed by atoms with Crippen LogP contribution >= 0.6 is 0 Å². The molecule has 3 atom stereocenters. The van der Waals surface area contributed by atoms with Crippen molar-refractivity contribution in [3.8, 4) is 5.75 Å². The summed E-state index contributed by atoms with van der Waals surface area (Å²) in [6.07, 6.45) is 2.17. The summed E-state index contributed by atoms with van der Waals surface area (Å²) in [5.41, 5.74) is 0.808. The van der Waals surface area contributed by atoms with Crippen LogP contribution in [0.1, 0.15) is 38.2 Å². The average molecular weight is 251 g/mol. The number of rotatable bonds is 4. The molecule has 2 rings (SSSR count). The Bertz CT molecular complexity index is 407. The Morgan fingerprint density at radius 3 is 2.83 bits per heavy atom. The number of ether oxygens (including phenoxy) is 1. The molecule has 0 saturated heterocycles. The molecule has 0 spiro atoms. The third kappa shape index (κ3) is 2.37. The van der Waals surface area contributed by atoms with Gasteiger partial charge in [0.2, 0.25) is 0 Å². The van der Waals surface area contributed by atoms with E-state index in [1.165, 1.54) is 7.11 Å². The lowest BCUT2D eigenvalue weighted by Crippen LogP contribution is -2.32. The van der Waals surface area contributed by atoms with Gasteiger partial charge < -0.3 is 10.1 Å². The van der Waals surface area contributed by atoms with Gasteiger partial charge in [0.15, 0.2) is 11.6 Å². The second kappa shape index (κ2) is 5.70. The molecule has 3 unspecified atom stereocenters. The number of hydrogen-bond donors (Lipinski definition) is 1. The molecular formula is C15H22FNO. The first-order valence-corrected chi connectivity index (χ1v) is 6.74. The topological polar surface area (TPSA) is 21.3 Å². The third-order valence-corrected chi connectivity index (χ3v) is 4.14. The summed E-state index contributed by atoms with van der Waals surface area (Å²) in [6, 6.07) is 5.96. The van der Waals surface area contributed by atoms with Crippen molar-refractivity contribution >= 4 is 0 Å². The minimum Gasteiger partial charge on any atom is -0.494 e. The highest BCUT2D eigenvalue weighted by Gasteiger charge is 2.34. The molecule has 1 aliphatic carbocycles. The van der Waals surface area contributed by atoms with Gasteiger partial charge in [-0.25, -0.2) is 4.39 Å². The van der Waals surface area contributed by atoms with Gasteiger partial charge in [0, 0.05) is 6.04 Å². The lowest BCUT2D eigenvalue weighted by Gasteiger charge is -2.22. The third-order valence-electron chi connectivity index (χ3n) is 4.14. The SMILES string of the molecule is CCNC1CCC(c2cccc(OC)c2F)C1C. The standard InChI is InChI=1S/C15H22FNO/c1-4-17-13-9-8-11(10(13)2)12-6-5-7-14(18-3)15(12)16/h5-7,10-11,13,17H,4,8-9H2,1-3H3. The molecule has 0 amide bonds. The maximum Gasteiger partial charge on any atom is 0.168 e. The molecule has 1 saturated carbocycles. The molecule has 100 valence electrons. The Balaban J connectivity index is 2.22. The molecule has 1 N–H and O–H groups in total. The molecule has 0 heterocycles. The maximum atomic E-state index is 14.3. The largest absolute Gasteiger partial charge is 0.494 e. The van der Waals surface area contributed by atoms with E-state index in [1.807, 2.05) is 12.1 Å². The first-order chi connectivity index (χ1) is 8.69. The zero-order chi connectivity index (χ0) is 13.1. The Morgan fingerprint density at radius 2 is 2.17 bits per heavy atom. The Morgan fingerprint density at radius 1 is 1.39 bits per heavy atom. The van der Waals surface area contributed by atoms with Crippen LogP contribution in [0.25, 0.3) is 0 Å². The maximum absolute atomic E-state index is 14.3. The van der Waals surface area contributed by atoms with Crippen LogP contribution in [0.3, 0.4) is 0 Å². The molecule has 2 nitrogen and oxygen atoms in total. The molecule has 18 heavy (non-hydrogen) atoms. The van der Waals surface area contributed by atoms with Crippen LogP contribution in [0.4, 0.5) is 4.39 Å². The van der Waals surface area contributed by atoms with Crippen molar-refractivity contribution in [3.63, 3.8) is 0 Å². The number of nitrogens with one attached hydrogen (secondary N) is 1. The number of benzene rings is 1. The van der Waals surface area contributed by atoms with Crippen LogP contribution in [-0.2, 0) is 0 Å². The lowest BCUT2D eigenvalue weighted by molar-refractivity contribution is 0.373. The van der Waals surface area contributed by atoms with Gasteiger partial charge in [-0.05, 0) is 42.9 Å². The van der Waals surface area contributed by atoms with Crippen LogP contribution in [0.15, 0.2) is 18.2 Å². The van der Waals surface area contributed by atoms with E-state index in [0.717, 1.165) is 24.9 Å². The smallest absolute Gasteiger partial charge is 0.168 e. The van der Waals surface area contributed by atoms with Gasteiger partial charge in [-0.3, -0.25) is 0 Å². The van der Waals surface area contributed by atoms with E-state index in [-0.39, 0.29) is 5.82 Å². The first-order valence-electron chi connectivity index (χ1n) is 6.74. The molecule has 3 heteroatoms. The van der Waals surface area contributed by atoms with Gasteiger partial charge in [-0.2, -0.15) is 0 Å². The predicted octanol–water partition coefficient (Wildman–Crippen LogP) is 3.33. The van der Waals surface area contributed by atoms with Crippen molar-refractivity contribution in [3.05, 3.63) is 29.6 Å². The highest BCUT2D eigenvalue weighted by Crippen LogP contribution is 2.41. The Labute approximate surface area is 109 Å². The number of methoxy groups -OCH3 is 1. The van der Waals surface area contributed by atoms with Crippen molar-refractivity contribution in [1.82, 2.24) is 5.32 Å². The molecule has 0 aromatic heterocycles. The summed E-state index contributed by atoms with van der Waals surface area (Å²) in [5.74, 6) is 0.927. The fourth-order valence-corrected chi connectivity index (χ4v) is 3.13. The van der Waals surface area contributed by atoms with Crippen molar-refractivity contribution in [1.29, 1.82) is 0 Å². The summed E-state index contributed by atoms with van der Waals surface area (Å²) in [6.45, 7) is 5.30. The van der Waals surface area contributed by atoms with Crippen molar-refractivity contribution in [2.24, 2.45) is 5.92 Å². The van der Waals surface area contributed by atoms with Gasteiger partial charge in [-0.15, -0.1) is 0 Å². The summed E-state index contributed by atoms with van der Waals surface area (Å²) in [5, 5.41) is 3.49. The zero-order valence-corrected chi connectivity index (χ0v) is 11.4. The summed E-state index contributed by atoms with van der Waals surface area (Å²) in [7, 11) is 1.52. The second-order valence-electron chi connectivity index (χ2n) is 5.07. The predicted molar refractivity (Wildman–Crippen MR) is 71.6 cm³/mol. The van der Waals surface area contributed by atoms with E-state index >= 15 is 0 Å². The molecule has 0 bridgehead atoms. The number of halogens is 1. The summed E-state index contributed by atoms with van der Waals surface area (Å²) in [4.78, 5) is 0. The Hall–Kier alpha value is -1.09. The fraction of sp³-hybridized carbons (Fsp3) is 0.600. The molecule has 1 aromatic carbocycles. The monoisotopic (exact) mass is 251 g/mol. The second-order valence-corrected chi connectivity index (χ2v) is 5.07. The minimum absolute atomic E-state index is 0.186. The Kier molecular flexibility index (Phi) is 4.23. The molecular weight excluding hydrogens is 229 g/mol. The normalized spacial score (nSPS) is 27.4. The fourth-order valence-electron chi connectivity index (χ4n) is 3.13. The quantitative estimate of drug-likeness (QED) is 0.886. The lowest BCUT2D eigenvalue weighted by atomic mass is 9.88. The van der Waals surface area contributed by atoms with E-state index in [9.17, 15) is 4.39 Å². The highest BCUT2D eigenvalue weighted by molar-refractivity contribution is 5.34. The van der Waals surface area contributed by atoms with Crippen LogP contribution in [0, 0.1) is 11.7 Å². The molecule has 1 aromatic rings. The van der Waals surface area contributed by atoms with E-state index in [1.54, 1.807) is 6.07 Å². The van der Waals surface area contributed by atoms with Gasteiger partial charge in [0.25, 0.3) is 0 Å². The van der Waals surface area contributed by atoms with E-state index in [4.69, 9.17) is 4.74 Å². The molecule has 0 radical (unpaired) electrons. The van der Waals surface area contributed by atoms with E-state index in [2.05, 4.69) is 19.2 Å². The van der Waals surface area contributed by atoms with Crippen molar-refractivity contribution in [2.45, 2.75) is 38.6 Å². The minimum atomic E-state index is -0.186. The van der Waals surface area contributed by atoms with Gasteiger partial charge in [0.1, 0.15) is 0 Å².